The van der Waals surface area contributed by atoms with Crippen molar-refractivity contribution in [3.8, 4) is 0 Å². The first kappa shape index (κ1) is 19.7. The van der Waals surface area contributed by atoms with Crippen LogP contribution >= 0.6 is 11.3 Å². The van der Waals surface area contributed by atoms with E-state index >= 15 is 0 Å². The largest absolute Gasteiger partial charge is 0.283 e. The molecule has 27 heavy (non-hydrogen) atoms. The van der Waals surface area contributed by atoms with Crippen molar-refractivity contribution in [2.45, 2.75) is 23.4 Å². The second-order valence-corrected chi connectivity index (χ2v) is 11.0. The van der Waals surface area contributed by atoms with Gasteiger partial charge in [0.1, 0.15) is 5.82 Å². The predicted octanol–water partition coefficient (Wildman–Crippen LogP) is 3.56. The van der Waals surface area contributed by atoms with Crippen LogP contribution in [0.5, 0.6) is 0 Å². The summed E-state index contributed by atoms with van der Waals surface area (Å²) in [7, 11) is -7.19. The minimum atomic E-state index is -3.75. The third-order valence-electron chi connectivity index (χ3n) is 3.63. The molecule has 1 N–H and O–H groups in total. The van der Waals surface area contributed by atoms with E-state index in [1.165, 1.54) is 24.3 Å². The summed E-state index contributed by atoms with van der Waals surface area (Å²) in [6.07, 6.45) is 0.489. The average Bonchev–Trinajstić information content (AvgIpc) is 2.98. The van der Waals surface area contributed by atoms with Crippen LogP contribution in [-0.2, 0) is 25.6 Å². The summed E-state index contributed by atoms with van der Waals surface area (Å²) in [6.45, 7) is 1.77. The molecule has 0 aliphatic rings. The van der Waals surface area contributed by atoms with Crippen LogP contribution in [0.25, 0.3) is 10.2 Å². The molecule has 0 spiro atoms. The molecule has 0 radical (unpaired) electrons. The molecule has 6 nitrogen and oxygen atoms in total. The molecule has 0 atom stereocenters. The lowest BCUT2D eigenvalue weighted by Gasteiger charge is -2.08. The van der Waals surface area contributed by atoms with Crippen LogP contribution in [0.2, 0.25) is 0 Å². The average molecular weight is 429 g/mol. The lowest BCUT2D eigenvalue weighted by Crippen LogP contribution is -2.15. The third kappa shape index (κ3) is 4.82. The third-order valence-corrected chi connectivity index (χ3v) is 8.28. The minimum Gasteiger partial charge on any atom is -0.283 e. The second-order valence-electron chi connectivity index (χ2n) is 5.97. The van der Waals surface area contributed by atoms with Crippen molar-refractivity contribution in [3.05, 3.63) is 53.8 Å². The summed E-state index contributed by atoms with van der Waals surface area (Å²) in [5, 5.41) is 0. The van der Waals surface area contributed by atoms with Gasteiger partial charge < -0.3 is 0 Å². The topological polar surface area (TPSA) is 93.2 Å². The molecule has 1 aromatic heterocycles. The van der Waals surface area contributed by atoms with Gasteiger partial charge in [-0.1, -0.05) is 19.1 Å². The van der Waals surface area contributed by atoms with Crippen molar-refractivity contribution < 1.29 is 21.2 Å². The van der Waals surface area contributed by atoms with E-state index in [1.807, 2.05) is 0 Å². The summed E-state index contributed by atoms with van der Waals surface area (Å²) in [4.78, 5) is 4.13. The molecule has 0 saturated carbocycles. The summed E-state index contributed by atoms with van der Waals surface area (Å²) in [5.41, 5.74) is 1.11. The Morgan fingerprint density at radius 2 is 1.89 bits per heavy atom. The normalized spacial score (nSPS) is 12.4. The Morgan fingerprint density at radius 3 is 2.59 bits per heavy atom. The molecule has 3 rings (SSSR count). The molecule has 0 aliphatic heterocycles. The van der Waals surface area contributed by atoms with Gasteiger partial charge >= 0.3 is 0 Å². The first-order valence-corrected chi connectivity index (χ1v) is 12.2. The molecule has 2 aromatic carbocycles. The van der Waals surface area contributed by atoms with Gasteiger partial charge in [-0.25, -0.2) is 26.2 Å². The van der Waals surface area contributed by atoms with Crippen molar-refractivity contribution >= 4 is 47.1 Å². The van der Waals surface area contributed by atoms with Crippen LogP contribution in [-0.4, -0.2) is 27.6 Å². The van der Waals surface area contributed by atoms with Gasteiger partial charge in [0, 0.05) is 0 Å². The van der Waals surface area contributed by atoms with Gasteiger partial charge in [0.25, 0.3) is 0 Å². The Labute approximate surface area is 161 Å². The molecule has 0 unspecified atom stereocenters. The van der Waals surface area contributed by atoms with Crippen molar-refractivity contribution in [3.63, 3.8) is 0 Å². The number of fused-ring (bicyclic) bond motifs is 1. The van der Waals surface area contributed by atoms with Gasteiger partial charge in [-0.15, -0.1) is 11.3 Å². The van der Waals surface area contributed by atoms with E-state index in [2.05, 4.69) is 9.71 Å². The number of thiazole rings is 1. The van der Waals surface area contributed by atoms with Crippen molar-refractivity contribution in [1.82, 2.24) is 4.98 Å². The zero-order valence-electron chi connectivity index (χ0n) is 14.3. The highest BCUT2D eigenvalue weighted by Crippen LogP contribution is 2.29. The number of aromatic nitrogens is 1. The van der Waals surface area contributed by atoms with Crippen LogP contribution in [0.1, 0.15) is 18.9 Å². The number of sulfonamides is 1. The van der Waals surface area contributed by atoms with Crippen LogP contribution in [0, 0.1) is 5.82 Å². The molecule has 0 saturated heterocycles. The number of hydrogen-bond donors (Lipinski definition) is 1. The van der Waals surface area contributed by atoms with E-state index in [1.54, 1.807) is 19.1 Å². The summed E-state index contributed by atoms with van der Waals surface area (Å²) in [6, 6.07) is 10.0. The highest BCUT2D eigenvalue weighted by Gasteiger charge is 2.19. The maximum Gasteiger partial charge on any atom is 0.236 e. The fraction of sp³-hybridized carbons (Fsp3) is 0.235. The Morgan fingerprint density at radius 1 is 1.11 bits per heavy atom. The van der Waals surface area contributed by atoms with E-state index < -0.39 is 25.7 Å². The molecule has 3 aromatic rings. The number of sulfone groups is 1. The first-order valence-electron chi connectivity index (χ1n) is 8.07. The highest BCUT2D eigenvalue weighted by atomic mass is 32.2. The maximum atomic E-state index is 13.2. The predicted molar refractivity (Wildman–Crippen MR) is 105 cm³/mol. The fourth-order valence-electron chi connectivity index (χ4n) is 2.52. The standard InChI is InChI=1S/C17H17FN2O4S3/c1-2-8-26(21,22)17-19-15-7-6-14(10-16(15)25-17)20-27(23,24)11-12-4-3-5-13(18)9-12/h3-7,9-10,20H,2,8,11H2,1H3. The van der Waals surface area contributed by atoms with Gasteiger partial charge in [0.2, 0.25) is 24.2 Å². The van der Waals surface area contributed by atoms with Gasteiger partial charge in [-0.2, -0.15) is 0 Å². The second kappa shape index (κ2) is 7.53. The Bertz CT molecular complexity index is 1190. The van der Waals surface area contributed by atoms with Crippen LogP contribution in [0.4, 0.5) is 10.1 Å². The molecule has 0 bridgehead atoms. The monoisotopic (exact) mass is 428 g/mol. The van der Waals surface area contributed by atoms with E-state index in [9.17, 15) is 21.2 Å². The molecule has 0 aliphatic carbocycles. The van der Waals surface area contributed by atoms with Crippen LogP contribution in [0.3, 0.4) is 0 Å². The molecule has 1 heterocycles. The van der Waals surface area contributed by atoms with Gasteiger partial charge in [0.15, 0.2) is 0 Å². The zero-order chi connectivity index (χ0) is 19.7. The number of anilines is 1. The Balaban J connectivity index is 1.84. The minimum absolute atomic E-state index is 0.0138. The number of nitrogens with zero attached hydrogens (tertiary/aromatic N) is 1. The smallest absolute Gasteiger partial charge is 0.236 e. The van der Waals surface area contributed by atoms with E-state index in [0.717, 1.165) is 17.4 Å². The number of rotatable bonds is 7. The molecule has 10 heteroatoms. The molecular weight excluding hydrogens is 411 g/mol. The van der Waals surface area contributed by atoms with Gasteiger partial charge in [-0.05, 0) is 42.3 Å². The number of halogens is 1. The lowest BCUT2D eigenvalue weighted by molar-refractivity contribution is 0.593. The molecule has 0 fully saturated rings. The van der Waals surface area contributed by atoms with Crippen LogP contribution < -0.4 is 4.72 Å². The van der Waals surface area contributed by atoms with Crippen molar-refractivity contribution in [1.29, 1.82) is 0 Å². The lowest BCUT2D eigenvalue weighted by atomic mass is 10.2. The first-order chi connectivity index (χ1) is 12.7. The zero-order valence-corrected chi connectivity index (χ0v) is 16.8. The maximum absolute atomic E-state index is 13.2. The van der Waals surface area contributed by atoms with Crippen LogP contribution in [0.15, 0.2) is 46.8 Å². The van der Waals surface area contributed by atoms with Crippen molar-refractivity contribution in [2.24, 2.45) is 0 Å². The fourth-order valence-corrected chi connectivity index (χ4v) is 6.41. The summed E-state index contributed by atoms with van der Waals surface area (Å²) < 4.78 is 65.2. The number of benzene rings is 2. The molecule has 144 valence electrons. The van der Waals surface area contributed by atoms with Gasteiger partial charge in [0.05, 0.1) is 27.4 Å². The SMILES string of the molecule is CCCS(=O)(=O)c1nc2ccc(NS(=O)(=O)Cc3cccc(F)c3)cc2s1. The molecule has 0 amide bonds. The quantitative estimate of drug-likeness (QED) is 0.621. The Hall–Kier alpha value is -2.04. The van der Waals surface area contributed by atoms with E-state index in [-0.39, 0.29) is 15.8 Å². The highest BCUT2D eigenvalue weighted by molar-refractivity contribution is 7.93. The number of nitrogens with one attached hydrogen (secondary N) is 1. The Kier molecular flexibility index (Phi) is 5.50. The van der Waals surface area contributed by atoms with Gasteiger partial charge in [-0.3, -0.25) is 4.72 Å². The van der Waals surface area contributed by atoms with Crippen molar-refractivity contribution in [2.75, 3.05) is 10.5 Å². The molecular formula is C17H17FN2O4S3. The van der Waals surface area contributed by atoms with E-state index in [0.29, 0.717) is 27.9 Å². The number of hydrogen-bond acceptors (Lipinski definition) is 6. The summed E-state index contributed by atoms with van der Waals surface area (Å²) >= 11 is 1.01. The summed E-state index contributed by atoms with van der Waals surface area (Å²) in [5.74, 6) is -0.865. The van der Waals surface area contributed by atoms with E-state index in [4.69, 9.17) is 0 Å².